The van der Waals surface area contributed by atoms with Crippen molar-refractivity contribution in [3.05, 3.63) is 65.5 Å². The normalized spacial score (nSPS) is 21.3. The van der Waals surface area contributed by atoms with E-state index < -0.39 is 29.5 Å². The van der Waals surface area contributed by atoms with Gasteiger partial charge in [-0.3, -0.25) is 0 Å². The minimum atomic E-state index is -4.83. The number of hydrogen-bond donors (Lipinski definition) is 0. The Bertz CT molecular complexity index is 810. The Morgan fingerprint density at radius 3 is 2.07 bits per heavy atom. The van der Waals surface area contributed by atoms with Gasteiger partial charge in [0.1, 0.15) is 11.6 Å². The average Bonchev–Trinajstić information content (AvgIpc) is 2.61. The number of hydrogen-bond acceptors (Lipinski definition) is 0. The number of halogens is 5. The molecule has 144 valence electrons. The lowest BCUT2D eigenvalue weighted by molar-refractivity contribution is -0.0798. The maximum atomic E-state index is 14.1. The van der Waals surface area contributed by atoms with Gasteiger partial charge in [-0.25, -0.2) is 8.78 Å². The maximum Gasteiger partial charge on any atom is 0.412 e. The summed E-state index contributed by atoms with van der Waals surface area (Å²) in [4.78, 5) is 0. The summed E-state index contributed by atoms with van der Waals surface area (Å²) in [5.74, 6) is -1.34. The third-order valence-electron chi connectivity index (χ3n) is 5.25. The highest BCUT2D eigenvalue weighted by Gasteiger charge is 2.26. The van der Waals surface area contributed by atoms with Crippen molar-refractivity contribution < 1.29 is 22.0 Å². The lowest BCUT2D eigenvalue weighted by Crippen LogP contribution is -2.10. The summed E-state index contributed by atoms with van der Waals surface area (Å²) < 4.78 is 64.5. The summed E-state index contributed by atoms with van der Waals surface area (Å²) in [6, 6.07) is 11.3. The third-order valence-corrected chi connectivity index (χ3v) is 5.25. The first-order chi connectivity index (χ1) is 12.7. The van der Waals surface area contributed by atoms with Gasteiger partial charge in [0.05, 0.1) is 6.08 Å². The van der Waals surface area contributed by atoms with E-state index in [-0.39, 0.29) is 0 Å². The molecule has 0 amide bonds. The largest absolute Gasteiger partial charge is 0.412 e. The van der Waals surface area contributed by atoms with Crippen LogP contribution in [0.25, 0.3) is 17.0 Å². The molecule has 1 saturated carbocycles. The summed E-state index contributed by atoms with van der Waals surface area (Å²) in [5, 5.41) is 0. The third kappa shape index (κ3) is 4.96. The van der Waals surface area contributed by atoms with E-state index in [9.17, 15) is 22.0 Å². The first-order valence-corrected chi connectivity index (χ1v) is 9.08. The van der Waals surface area contributed by atoms with E-state index in [1.54, 1.807) is 0 Å². The molecule has 5 heteroatoms. The predicted molar refractivity (Wildman–Crippen MR) is 97.3 cm³/mol. The molecule has 0 aliphatic heterocycles. The second-order valence-electron chi connectivity index (χ2n) is 7.31. The molecule has 0 unspecified atom stereocenters. The van der Waals surface area contributed by atoms with E-state index in [1.807, 2.05) is 24.3 Å². The molecule has 1 aliphatic carbocycles. The van der Waals surface area contributed by atoms with Gasteiger partial charge in [-0.1, -0.05) is 50.1 Å². The minimum absolute atomic E-state index is 0.500. The highest BCUT2D eigenvalue weighted by molar-refractivity contribution is 5.68. The number of benzene rings is 2. The van der Waals surface area contributed by atoms with Crippen molar-refractivity contribution in [2.45, 2.75) is 44.7 Å². The van der Waals surface area contributed by atoms with Gasteiger partial charge < -0.3 is 0 Å². The van der Waals surface area contributed by atoms with Crippen molar-refractivity contribution in [1.82, 2.24) is 0 Å². The van der Waals surface area contributed by atoms with E-state index in [1.165, 1.54) is 24.5 Å². The Morgan fingerprint density at radius 2 is 1.52 bits per heavy atom. The van der Waals surface area contributed by atoms with Gasteiger partial charge in [-0.05, 0) is 53.5 Å². The number of allylic oxidation sites excluding steroid dienone is 1. The minimum Gasteiger partial charge on any atom is -0.206 e. The molecule has 3 rings (SSSR count). The van der Waals surface area contributed by atoms with Crippen LogP contribution in [0.4, 0.5) is 22.0 Å². The zero-order chi connectivity index (χ0) is 19.6. The summed E-state index contributed by atoms with van der Waals surface area (Å²) in [6.07, 6.45) is -0.609. The predicted octanol–water partition coefficient (Wildman–Crippen LogP) is 7.66. The molecule has 0 radical (unpaired) electrons. The van der Waals surface area contributed by atoms with Crippen LogP contribution in [-0.4, -0.2) is 6.18 Å². The van der Waals surface area contributed by atoms with Crippen LogP contribution in [0.2, 0.25) is 0 Å². The second kappa shape index (κ2) is 7.83. The quantitative estimate of drug-likeness (QED) is 0.480. The molecule has 0 atom stereocenters. The van der Waals surface area contributed by atoms with Crippen LogP contribution in [0.3, 0.4) is 0 Å². The van der Waals surface area contributed by atoms with Gasteiger partial charge in [0.25, 0.3) is 0 Å². The molecule has 2 aromatic rings. The van der Waals surface area contributed by atoms with Crippen LogP contribution < -0.4 is 0 Å². The Labute approximate surface area is 155 Å². The van der Waals surface area contributed by atoms with E-state index >= 15 is 0 Å². The van der Waals surface area contributed by atoms with Crippen molar-refractivity contribution in [3.8, 4) is 11.1 Å². The van der Waals surface area contributed by atoms with E-state index in [4.69, 9.17) is 0 Å². The fourth-order valence-electron chi connectivity index (χ4n) is 3.65. The van der Waals surface area contributed by atoms with Gasteiger partial charge in [0.15, 0.2) is 0 Å². The molecule has 0 heterocycles. The van der Waals surface area contributed by atoms with Gasteiger partial charge >= 0.3 is 6.18 Å². The monoisotopic (exact) mass is 380 g/mol. The van der Waals surface area contributed by atoms with Crippen molar-refractivity contribution >= 4 is 5.83 Å². The average molecular weight is 380 g/mol. The molecule has 0 nitrogen and oxygen atoms in total. The highest BCUT2D eigenvalue weighted by atomic mass is 19.4. The second-order valence-corrected chi connectivity index (χ2v) is 7.31. The van der Waals surface area contributed by atoms with Crippen molar-refractivity contribution in [2.75, 3.05) is 0 Å². The fraction of sp³-hybridized carbons (Fsp3) is 0.364. The van der Waals surface area contributed by atoms with Crippen LogP contribution in [0.15, 0.2) is 48.5 Å². The Hall–Kier alpha value is -2.17. The smallest absolute Gasteiger partial charge is 0.206 e. The van der Waals surface area contributed by atoms with Gasteiger partial charge in [-0.15, -0.1) is 0 Å². The standard InChI is InChI=1S/C22H21F5/c1-14-2-4-15(5-3-14)16-6-8-17(9-7-16)18-10-11-19(20(23)12-18)21(24)13-22(25,26)27/h6-15H,2-5H2,1H3/b21-13-. The summed E-state index contributed by atoms with van der Waals surface area (Å²) >= 11 is 0. The lowest BCUT2D eigenvalue weighted by atomic mass is 9.79. The van der Waals surface area contributed by atoms with Crippen LogP contribution in [0, 0.1) is 11.7 Å². The molecule has 0 aromatic heterocycles. The Morgan fingerprint density at radius 1 is 0.926 bits per heavy atom. The van der Waals surface area contributed by atoms with Crippen LogP contribution in [-0.2, 0) is 0 Å². The van der Waals surface area contributed by atoms with Gasteiger partial charge in [0, 0.05) is 5.56 Å². The lowest BCUT2D eigenvalue weighted by Gasteiger charge is -2.26. The van der Waals surface area contributed by atoms with E-state index in [0.29, 0.717) is 11.5 Å². The fourth-order valence-corrected chi connectivity index (χ4v) is 3.65. The topological polar surface area (TPSA) is 0 Å². The Balaban J connectivity index is 1.79. The Kier molecular flexibility index (Phi) is 5.68. The van der Waals surface area contributed by atoms with E-state index in [0.717, 1.165) is 36.5 Å². The molecule has 1 fully saturated rings. The van der Waals surface area contributed by atoms with Crippen molar-refractivity contribution in [2.24, 2.45) is 5.92 Å². The molecule has 0 saturated heterocycles. The van der Waals surface area contributed by atoms with E-state index in [2.05, 4.69) is 6.92 Å². The molecular weight excluding hydrogens is 359 g/mol. The molecule has 1 aliphatic rings. The van der Waals surface area contributed by atoms with Gasteiger partial charge in [0.2, 0.25) is 0 Å². The molecule has 0 N–H and O–H groups in total. The molecule has 0 bridgehead atoms. The highest BCUT2D eigenvalue weighted by Crippen LogP contribution is 2.36. The zero-order valence-corrected chi connectivity index (χ0v) is 15.0. The SMILES string of the molecule is CC1CCC(c2ccc(-c3ccc(/C(F)=C/C(F)(F)F)c(F)c3)cc2)CC1. The summed E-state index contributed by atoms with van der Waals surface area (Å²) in [5.41, 5.74) is 1.80. The van der Waals surface area contributed by atoms with Crippen molar-refractivity contribution in [1.29, 1.82) is 0 Å². The number of rotatable bonds is 3. The zero-order valence-electron chi connectivity index (χ0n) is 15.0. The van der Waals surface area contributed by atoms with Crippen molar-refractivity contribution in [3.63, 3.8) is 0 Å². The van der Waals surface area contributed by atoms with Crippen LogP contribution >= 0.6 is 0 Å². The van der Waals surface area contributed by atoms with Crippen LogP contribution in [0.5, 0.6) is 0 Å². The summed E-state index contributed by atoms with van der Waals surface area (Å²) in [6.45, 7) is 2.27. The van der Waals surface area contributed by atoms with Gasteiger partial charge in [-0.2, -0.15) is 13.2 Å². The molecule has 27 heavy (non-hydrogen) atoms. The number of alkyl halides is 3. The van der Waals surface area contributed by atoms with Crippen LogP contribution in [0.1, 0.15) is 49.7 Å². The first-order valence-electron chi connectivity index (χ1n) is 9.08. The first kappa shape index (κ1) is 19.6. The molecule has 0 spiro atoms. The maximum absolute atomic E-state index is 14.1. The summed E-state index contributed by atoms with van der Waals surface area (Å²) in [7, 11) is 0. The molecule has 2 aromatic carbocycles. The molecular formula is C22H21F5.